The highest BCUT2D eigenvalue weighted by Crippen LogP contribution is 2.18. The van der Waals surface area contributed by atoms with Crippen LogP contribution in [0.25, 0.3) is 0 Å². The van der Waals surface area contributed by atoms with Crippen LogP contribution in [-0.2, 0) is 4.79 Å². The monoisotopic (exact) mass is 359 g/mol. The third-order valence-corrected chi connectivity index (χ3v) is 3.63. The zero-order valence-electron chi connectivity index (χ0n) is 14.8. The van der Waals surface area contributed by atoms with Crippen molar-refractivity contribution in [3.05, 3.63) is 71.3 Å². The summed E-state index contributed by atoms with van der Waals surface area (Å²) >= 11 is 0. The zero-order chi connectivity index (χ0) is 19.4. The summed E-state index contributed by atoms with van der Waals surface area (Å²) in [6.45, 7) is 3.02. The minimum atomic E-state index is -0.899. The molecule has 0 aliphatic rings. The molecular weight excluding hydrogens is 334 g/mol. The maximum atomic E-state index is 12.2. The van der Waals surface area contributed by atoms with Gasteiger partial charge in [0.2, 0.25) is 0 Å². The first-order chi connectivity index (χ1) is 12.5. The first kappa shape index (κ1) is 21.5. The van der Waals surface area contributed by atoms with Gasteiger partial charge in [0.1, 0.15) is 0 Å². The smallest absolute Gasteiger partial charge is 0.310 e. The molecule has 0 aliphatic carbocycles. The van der Waals surface area contributed by atoms with Gasteiger partial charge >= 0.3 is 5.97 Å². The maximum absolute atomic E-state index is 12.2. The molecule has 140 valence electrons. The van der Waals surface area contributed by atoms with Crippen LogP contribution < -0.4 is 5.32 Å². The van der Waals surface area contributed by atoms with E-state index < -0.39 is 11.9 Å². The van der Waals surface area contributed by atoms with Crippen LogP contribution in [0.15, 0.2) is 54.6 Å². The normalized spacial score (nSPS) is 11.2. The standard InChI is InChI=1S/C16H14O3.C4H11NO2/c1-11(16(18)19)13-8-5-9-14(10-13)15(17)12-6-3-2-4-7-12;6-3-1-5-2-4-7/h2-11H,1H3,(H,18,19);5-7H,1-4H2/t11-;/m0./s1. The third kappa shape index (κ3) is 7.14. The van der Waals surface area contributed by atoms with Gasteiger partial charge in [0.05, 0.1) is 19.1 Å². The van der Waals surface area contributed by atoms with Gasteiger partial charge in [0.15, 0.2) is 5.78 Å². The SMILES string of the molecule is C[C@H](C(=O)O)c1cccc(C(=O)c2ccccc2)c1.OCCNCCO. The molecule has 0 bridgehead atoms. The molecule has 0 heterocycles. The summed E-state index contributed by atoms with van der Waals surface area (Å²) in [5, 5.41) is 28.1. The summed E-state index contributed by atoms with van der Waals surface area (Å²) < 4.78 is 0. The van der Waals surface area contributed by atoms with Crippen molar-refractivity contribution in [2.24, 2.45) is 0 Å². The second-order valence-electron chi connectivity index (χ2n) is 5.58. The molecule has 4 N–H and O–H groups in total. The van der Waals surface area contributed by atoms with E-state index in [-0.39, 0.29) is 19.0 Å². The molecule has 2 aromatic rings. The van der Waals surface area contributed by atoms with E-state index >= 15 is 0 Å². The van der Waals surface area contributed by atoms with E-state index in [1.165, 1.54) is 0 Å². The van der Waals surface area contributed by atoms with Crippen LogP contribution in [0.1, 0.15) is 34.3 Å². The molecule has 2 rings (SSSR count). The molecule has 0 saturated heterocycles. The van der Waals surface area contributed by atoms with Crippen molar-refractivity contribution < 1.29 is 24.9 Å². The van der Waals surface area contributed by atoms with Crippen LogP contribution in [0, 0.1) is 0 Å². The van der Waals surface area contributed by atoms with Gasteiger partial charge < -0.3 is 20.6 Å². The quantitative estimate of drug-likeness (QED) is 0.422. The summed E-state index contributed by atoms with van der Waals surface area (Å²) in [5.41, 5.74) is 1.74. The van der Waals surface area contributed by atoms with Gasteiger partial charge in [-0.15, -0.1) is 0 Å². The Bertz CT molecular complexity index is 684. The maximum Gasteiger partial charge on any atom is 0.310 e. The first-order valence-electron chi connectivity index (χ1n) is 8.36. The van der Waals surface area contributed by atoms with E-state index in [1.54, 1.807) is 55.5 Å². The number of carbonyl (C=O) groups is 2. The predicted molar refractivity (Wildman–Crippen MR) is 99.4 cm³/mol. The van der Waals surface area contributed by atoms with Gasteiger partial charge in [-0.2, -0.15) is 0 Å². The molecule has 1 atom stereocenters. The van der Waals surface area contributed by atoms with Crippen molar-refractivity contribution in [1.29, 1.82) is 0 Å². The van der Waals surface area contributed by atoms with Gasteiger partial charge in [-0.1, -0.05) is 48.5 Å². The molecular formula is C20H25NO5. The van der Waals surface area contributed by atoms with Crippen molar-refractivity contribution in [3.8, 4) is 0 Å². The molecule has 0 fully saturated rings. The first-order valence-corrected chi connectivity index (χ1v) is 8.36. The van der Waals surface area contributed by atoms with Crippen molar-refractivity contribution in [2.45, 2.75) is 12.8 Å². The highest BCUT2D eigenvalue weighted by molar-refractivity contribution is 6.09. The Morgan fingerprint density at radius 1 is 0.923 bits per heavy atom. The van der Waals surface area contributed by atoms with Gasteiger partial charge in [-0.25, -0.2) is 0 Å². The molecule has 6 heteroatoms. The van der Waals surface area contributed by atoms with Gasteiger partial charge in [0.25, 0.3) is 0 Å². The number of ketones is 1. The number of hydrogen-bond donors (Lipinski definition) is 4. The topological polar surface area (TPSA) is 107 Å². The summed E-state index contributed by atoms with van der Waals surface area (Å²) in [7, 11) is 0. The molecule has 0 aromatic heterocycles. The number of aliphatic carboxylic acids is 1. The van der Waals surface area contributed by atoms with Gasteiger partial charge in [-0.05, 0) is 18.6 Å². The minimum Gasteiger partial charge on any atom is -0.481 e. The van der Waals surface area contributed by atoms with Gasteiger partial charge in [0, 0.05) is 24.2 Å². The summed E-state index contributed by atoms with van der Waals surface area (Å²) in [6, 6.07) is 15.7. The Morgan fingerprint density at radius 3 is 2.04 bits per heavy atom. The second kappa shape index (κ2) is 11.9. The number of hydrogen-bond acceptors (Lipinski definition) is 5. The zero-order valence-corrected chi connectivity index (χ0v) is 14.8. The average molecular weight is 359 g/mol. The number of rotatable bonds is 8. The Kier molecular flexibility index (Phi) is 9.86. The van der Waals surface area contributed by atoms with Crippen molar-refractivity contribution in [1.82, 2.24) is 5.32 Å². The fourth-order valence-corrected chi connectivity index (χ4v) is 2.13. The Labute approximate surface area is 153 Å². The minimum absolute atomic E-state index is 0.0972. The summed E-state index contributed by atoms with van der Waals surface area (Å²) in [6.07, 6.45) is 0. The van der Waals surface area contributed by atoms with Crippen LogP contribution in [0.5, 0.6) is 0 Å². The highest BCUT2D eigenvalue weighted by Gasteiger charge is 2.16. The number of carboxylic acids is 1. The Morgan fingerprint density at radius 2 is 1.50 bits per heavy atom. The average Bonchev–Trinajstić information content (AvgIpc) is 2.68. The fourth-order valence-electron chi connectivity index (χ4n) is 2.13. The molecule has 0 radical (unpaired) electrons. The Balaban J connectivity index is 0.000000412. The Hall–Kier alpha value is -2.54. The van der Waals surface area contributed by atoms with Crippen LogP contribution in [0.3, 0.4) is 0 Å². The molecule has 6 nitrogen and oxygen atoms in total. The van der Waals surface area contributed by atoms with E-state index in [2.05, 4.69) is 5.32 Å². The molecule has 0 unspecified atom stereocenters. The lowest BCUT2D eigenvalue weighted by Gasteiger charge is -2.08. The molecule has 0 saturated carbocycles. The third-order valence-electron chi connectivity index (χ3n) is 3.63. The van der Waals surface area contributed by atoms with E-state index in [0.29, 0.717) is 29.8 Å². The molecule has 0 aliphatic heterocycles. The number of carboxylic acid groups (broad SMARTS) is 1. The van der Waals surface area contributed by atoms with Crippen LogP contribution in [0.4, 0.5) is 0 Å². The van der Waals surface area contributed by atoms with E-state index in [0.717, 1.165) is 0 Å². The highest BCUT2D eigenvalue weighted by atomic mass is 16.4. The lowest BCUT2D eigenvalue weighted by molar-refractivity contribution is -0.138. The number of carbonyl (C=O) groups excluding carboxylic acids is 1. The lowest BCUT2D eigenvalue weighted by atomic mass is 9.96. The lowest BCUT2D eigenvalue weighted by Crippen LogP contribution is -2.21. The van der Waals surface area contributed by atoms with Crippen molar-refractivity contribution in [2.75, 3.05) is 26.3 Å². The van der Waals surface area contributed by atoms with E-state index in [9.17, 15) is 9.59 Å². The largest absolute Gasteiger partial charge is 0.481 e. The molecule has 0 spiro atoms. The molecule has 26 heavy (non-hydrogen) atoms. The van der Waals surface area contributed by atoms with Crippen LogP contribution in [0.2, 0.25) is 0 Å². The predicted octanol–water partition coefficient (Wildman–Crippen LogP) is 1.67. The second-order valence-corrected chi connectivity index (χ2v) is 5.58. The van der Waals surface area contributed by atoms with Crippen molar-refractivity contribution in [3.63, 3.8) is 0 Å². The number of aliphatic hydroxyl groups excluding tert-OH is 2. The van der Waals surface area contributed by atoms with Crippen molar-refractivity contribution >= 4 is 11.8 Å². The number of benzene rings is 2. The number of aliphatic hydroxyl groups is 2. The van der Waals surface area contributed by atoms with Crippen LogP contribution >= 0.6 is 0 Å². The van der Waals surface area contributed by atoms with E-state index in [4.69, 9.17) is 15.3 Å². The van der Waals surface area contributed by atoms with Gasteiger partial charge in [-0.3, -0.25) is 9.59 Å². The molecule has 2 aromatic carbocycles. The molecule has 0 amide bonds. The summed E-state index contributed by atoms with van der Waals surface area (Å²) in [4.78, 5) is 23.2. The number of nitrogens with one attached hydrogen (secondary N) is 1. The fraction of sp³-hybridized carbons (Fsp3) is 0.300. The van der Waals surface area contributed by atoms with Crippen LogP contribution in [-0.4, -0.2) is 53.4 Å². The van der Waals surface area contributed by atoms with E-state index in [1.807, 2.05) is 6.07 Å². The summed E-state index contributed by atoms with van der Waals surface area (Å²) in [5.74, 6) is -1.62.